The average molecular weight is 365 g/mol. The quantitative estimate of drug-likeness (QED) is 0.901. The van der Waals surface area contributed by atoms with Gasteiger partial charge in [0, 0.05) is 4.47 Å². The van der Waals surface area contributed by atoms with Crippen LogP contribution in [0.1, 0.15) is 16.7 Å². The van der Waals surface area contributed by atoms with Crippen molar-refractivity contribution in [3.8, 4) is 6.07 Å². The number of nitrogens with one attached hydrogen (secondary N) is 1. The highest BCUT2D eigenvalue weighted by molar-refractivity contribution is 9.10. The van der Waals surface area contributed by atoms with Crippen LogP contribution in [0.2, 0.25) is 0 Å². The summed E-state index contributed by atoms with van der Waals surface area (Å²) in [5.74, 6) is 0. The highest BCUT2D eigenvalue weighted by Crippen LogP contribution is 2.25. The summed E-state index contributed by atoms with van der Waals surface area (Å²) >= 11 is 3.32. The van der Waals surface area contributed by atoms with E-state index in [1.807, 2.05) is 25.1 Å². The van der Waals surface area contributed by atoms with Gasteiger partial charge < -0.3 is 0 Å². The smallest absolute Gasteiger partial charge is 0.262 e. The molecule has 0 bridgehead atoms. The molecule has 0 unspecified atom stereocenters. The number of anilines is 1. The summed E-state index contributed by atoms with van der Waals surface area (Å²) in [5, 5.41) is 8.92. The molecule has 0 heterocycles. The van der Waals surface area contributed by atoms with Gasteiger partial charge in [0.05, 0.1) is 22.2 Å². The lowest BCUT2D eigenvalue weighted by Crippen LogP contribution is -2.15. The van der Waals surface area contributed by atoms with Crippen molar-refractivity contribution in [1.82, 2.24) is 0 Å². The normalized spacial score (nSPS) is 11.0. The molecule has 0 amide bonds. The zero-order chi connectivity index (χ0) is 15.6. The average Bonchev–Trinajstić information content (AvgIpc) is 2.43. The molecular formula is C15H13BrN2O2S. The number of benzene rings is 2. The Balaban J connectivity index is 2.48. The van der Waals surface area contributed by atoms with E-state index in [4.69, 9.17) is 5.26 Å². The molecule has 1 N–H and O–H groups in total. The van der Waals surface area contributed by atoms with Crippen LogP contribution < -0.4 is 4.72 Å². The van der Waals surface area contributed by atoms with Crippen LogP contribution in [0, 0.1) is 25.2 Å². The first kappa shape index (κ1) is 15.5. The third-order valence-corrected chi connectivity index (χ3v) is 5.05. The van der Waals surface area contributed by atoms with Gasteiger partial charge in [-0.15, -0.1) is 0 Å². The Morgan fingerprint density at radius 2 is 1.76 bits per heavy atom. The number of sulfonamides is 1. The molecule has 2 aromatic carbocycles. The number of rotatable bonds is 3. The van der Waals surface area contributed by atoms with E-state index in [-0.39, 0.29) is 4.90 Å². The molecule has 0 aliphatic carbocycles. The van der Waals surface area contributed by atoms with Crippen molar-refractivity contribution < 1.29 is 8.42 Å². The van der Waals surface area contributed by atoms with Crippen molar-refractivity contribution in [3.63, 3.8) is 0 Å². The minimum atomic E-state index is -3.74. The van der Waals surface area contributed by atoms with E-state index in [9.17, 15) is 8.42 Å². The van der Waals surface area contributed by atoms with Gasteiger partial charge in [-0.25, -0.2) is 8.42 Å². The topological polar surface area (TPSA) is 70.0 Å². The first-order chi connectivity index (χ1) is 9.83. The van der Waals surface area contributed by atoms with E-state index in [1.165, 1.54) is 6.07 Å². The van der Waals surface area contributed by atoms with Crippen molar-refractivity contribution in [3.05, 3.63) is 57.6 Å². The van der Waals surface area contributed by atoms with Gasteiger partial charge in [0.1, 0.15) is 0 Å². The molecule has 0 aliphatic heterocycles. The maximum Gasteiger partial charge on any atom is 0.262 e. The summed E-state index contributed by atoms with van der Waals surface area (Å²) < 4.78 is 28.4. The first-order valence-corrected chi connectivity index (χ1v) is 8.41. The molecule has 0 aromatic heterocycles. The van der Waals surface area contributed by atoms with Crippen LogP contribution >= 0.6 is 15.9 Å². The van der Waals surface area contributed by atoms with Crippen molar-refractivity contribution in [2.45, 2.75) is 18.7 Å². The predicted molar refractivity (Wildman–Crippen MR) is 85.6 cm³/mol. The maximum absolute atomic E-state index is 12.5. The number of aryl methyl sites for hydroxylation is 2. The number of hydrogen-bond donors (Lipinski definition) is 1. The lowest BCUT2D eigenvalue weighted by atomic mass is 10.2. The summed E-state index contributed by atoms with van der Waals surface area (Å²) in [5.41, 5.74) is 2.23. The van der Waals surface area contributed by atoms with Crippen molar-refractivity contribution in [1.29, 1.82) is 5.26 Å². The molecule has 21 heavy (non-hydrogen) atoms. The van der Waals surface area contributed by atoms with E-state index in [0.717, 1.165) is 10.0 Å². The van der Waals surface area contributed by atoms with Crippen molar-refractivity contribution in [2.75, 3.05) is 4.72 Å². The van der Waals surface area contributed by atoms with Crippen LogP contribution in [0.3, 0.4) is 0 Å². The van der Waals surface area contributed by atoms with Gasteiger partial charge in [-0.1, -0.05) is 28.1 Å². The molecule has 0 radical (unpaired) electrons. The summed E-state index contributed by atoms with van der Waals surface area (Å²) in [6, 6.07) is 11.9. The fourth-order valence-corrected chi connectivity index (χ4v) is 3.62. The first-order valence-electron chi connectivity index (χ1n) is 6.13. The second kappa shape index (κ2) is 5.88. The minimum absolute atomic E-state index is 0.112. The van der Waals surface area contributed by atoms with Crippen LogP contribution in [-0.2, 0) is 10.0 Å². The number of nitrogens with zero attached hydrogens (tertiary/aromatic N) is 1. The Labute approximate surface area is 132 Å². The SMILES string of the molecule is Cc1ccc(Br)cc1NS(=O)(=O)c1cc(C#N)ccc1C. The van der Waals surface area contributed by atoms with Gasteiger partial charge in [0.15, 0.2) is 0 Å². The third-order valence-electron chi connectivity index (χ3n) is 3.05. The van der Waals surface area contributed by atoms with Gasteiger partial charge in [-0.2, -0.15) is 5.26 Å². The Bertz CT molecular complexity index is 839. The summed E-state index contributed by atoms with van der Waals surface area (Å²) in [7, 11) is -3.74. The molecule has 0 spiro atoms. The van der Waals surface area contributed by atoms with E-state index < -0.39 is 10.0 Å². The molecule has 0 saturated carbocycles. The molecular weight excluding hydrogens is 352 g/mol. The summed E-state index contributed by atoms with van der Waals surface area (Å²) in [6.45, 7) is 3.52. The molecule has 0 saturated heterocycles. The Morgan fingerprint density at radius 1 is 1.10 bits per heavy atom. The fraction of sp³-hybridized carbons (Fsp3) is 0.133. The van der Waals surface area contributed by atoms with Crippen molar-refractivity contribution in [2.24, 2.45) is 0 Å². The molecule has 4 nitrogen and oxygen atoms in total. The molecule has 0 aliphatic rings. The second-order valence-corrected chi connectivity index (χ2v) is 7.22. The van der Waals surface area contributed by atoms with Crippen molar-refractivity contribution >= 4 is 31.6 Å². The molecule has 0 fully saturated rings. The van der Waals surface area contributed by atoms with E-state index in [1.54, 1.807) is 25.1 Å². The van der Waals surface area contributed by atoms with E-state index in [2.05, 4.69) is 20.7 Å². The number of hydrogen-bond acceptors (Lipinski definition) is 3. The van der Waals surface area contributed by atoms with Crippen LogP contribution in [-0.4, -0.2) is 8.42 Å². The Morgan fingerprint density at radius 3 is 2.43 bits per heavy atom. The standard InChI is InChI=1S/C15H13BrN2O2S/c1-10-4-6-13(16)8-14(10)18-21(19,20)15-7-12(9-17)5-3-11(15)2/h3-8,18H,1-2H3. The molecule has 108 valence electrons. The Kier molecular flexibility index (Phi) is 4.35. The fourth-order valence-electron chi connectivity index (χ4n) is 1.86. The molecule has 6 heteroatoms. The highest BCUT2D eigenvalue weighted by Gasteiger charge is 2.18. The van der Waals surface area contributed by atoms with Crippen LogP contribution in [0.5, 0.6) is 0 Å². The number of nitriles is 1. The highest BCUT2D eigenvalue weighted by atomic mass is 79.9. The summed E-state index contributed by atoms with van der Waals surface area (Å²) in [6.07, 6.45) is 0. The van der Waals surface area contributed by atoms with E-state index >= 15 is 0 Å². The lowest BCUT2D eigenvalue weighted by Gasteiger charge is -2.13. The third kappa shape index (κ3) is 3.43. The molecule has 2 rings (SSSR count). The monoisotopic (exact) mass is 364 g/mol. The van der Waals surface area contributed by atoms with Gasteiger partial charge >= 0.3 is 0 Å². The van der Waals surface area contributed by atoms with Crippen LogP contribution in [0.4, 0.5) is 5.69 Å². The zero-order valence-electron chi connectivity index (χ0n) is 11.5. The minimum Gasteiger partial charge on any atom is -0.279 e. The van der Waals surface area contributed by atoms with Crippen LogP contribution in [0.15, 0.2) is 45.8 Å². The Hall–Kier alpha value is -1.84. The molecule has 0 atom stereocenters. The molecule has 2 aromatic rings. The maximum atomic E-state index is 12.5. The van der Waals surface area contributed by atoms with Crippen LogP contribution in [0.25, 0.3) is 0 Å². The summed E-state index contributed by atoms with van der Waals surface area (Å²) in [4.78, 5) is 0.112. The largest absolute Gasteiger partial charge is 0.279 e. The predicted octanol–water partition coefficient (Wildman–Crippen LogP) is 3.74. The number of halogens is 1. The van der Waals surface area contributed by atoms with Gasteiger partial charge in [0.25, 0.3) is 10.0 Å². The van der Waals surface area contributed by atoms with Gasteiger partial charge in [0.2, 0.25) is 0 Å². The van der Waals surface area contributed by atoms with Gasteiger partial charge in [-0.3, -0.25) is 4.72 Å². The van der Waals surface area contributed by atoms with E-state index in [0.29, 0.717) is 16.8 Å². The van der Waals surface area contributed by atoms with Gasteiger partial charge in [-0.05, 0) is 49.2 Å². The lowest BCUT2D eigenvalue weighted by molar-refractivity contribution is 0.600. The zero-order valence-corrected chi connectivity index (χ0v) is 13.9. The second-order valence-electron chi connectivity index (χ2n) is 4.66.